The summed E-state index contributed by atoms with van der Waals surface area (Å²) in [5.41, 5.74) is 2.55. The van der Waals surface area contributed by atoms with E-state index < -0.39 is 11.7 Å². The number of fused-ring (bicyclic) bond motifs is 1. The zero-order valence-corrected chi connectivity index (χ0v) is 23.2. The molecule has 2 atom stereocenters. The number of hydrogen-bond donors (Lipinski definition) is 2. The van der Waals surface area contributed by atoms with E-state index in [1.54, 1.807) is 44.9 Å². The standard InChI is InChI=1S/C29H35FN6O4/c1-18-14-35(27(38)23-6-5-12-31-23)17-22-24(33-36(25(18)22)15-19-7-9-20(30)10-8-19)26(37)32-21-11-13-34(16-21)28(39)40-29(2,3)4/h5-10,12,18,21,31H,11,13-17H2,1-4H3,(H,32,37). The molecule has 10 nitrogen and oxygen atoms in total. The number of nitrogens with zero attached hydrogens (tertiary/aromatic N) is 4. The minimum atomic E-state index is -0.602. The van der Waals surface area contributed by atoms with Gasteiger partial charge < -0.3 is 24.8 Å². The van der Waals surface area contributed by atoms with Gasteiger partial charge in [-0.05, 0) is 57.0 Å². The Kier molecular flexibility index (Phi) is 7.39. The molecule has 212 valence electrons. The predicted molar refractivity (Wildman–Crippen MR) is 145 cm³/mol. The van der Waals surface area contributed by atoms with E-state index >= 15 is 0 Å². The molecule has 2 aromatic heterocycles. The van der Waals surface area contributed by atoms with Crippen LogP contribution in [0.3, 0.4) is 0 Å². The van der Waals surface area contributed by atoms with Gasteiger partial charge in [0.1, 0.15) is 17.1 Å². The molecule has 40 heavy (non-hydrogen) atoms. The lowest BCUT2D eigenvalue weighted by molar-refractivity contribution is 0.0289. The monoisotopic (exact) mass is 550 g/mol. The molecular formula is C29H35FN6O4. The van der Waals surface area contributed by atoms with E-state index in [4.69, 9.17) is 9.84 Å². The highest BCUT2D eigenvalue weighted by atomic mass is 19.1. The number of carbonyl (C=O) groups excluding carboxylic acids is 3. The number of H-pyrrole nitrogens is 1. The molecule has 5 rings (SSSR count). The van der Waals surface area contributed by atoms with Gasteiger partial charge in [0.25, 0.3) is 11.8 Å². The van der Waals surface area contributed by atoms with E-state index in [1.807, 2.05) is 27.7 Å². The number of ether oxygens (including phenoxy) is 1. The van der Waals surface area contributed by atoms with Gasteiger partial charge in [-0.15, -0.1) is 0 Å². The van der Waals surface area contributed by atoms with E-state index in [9.17, 15) is 18.8 Å². The van der Waals surface area contributed by atoms with Crippen LogP contribution in [0.5, 0.6) is 0 Å². The molecule has 11 heteroatoms. The molecule has 4 heterocycles. The van der Waals surface area contributed by atoms with Gasteiger partial charge in [-0.2, -0.15) is 5.10 Å². The van der Waals surface area contributed by atoms with Crippen LogP contribution in [0.2, 0.25) is 0 Å². The van der Waals surface area contributed by atoms with Crippen LogP contribution < -0.4 is 5.32 Å². The van der Waals surface area contributed by atoms with Crippen molar-refractivity contribution >= 4 is 17.9 Å². The molecule has 0 aliphatic carbocycles. The van der Waals surface area contributed by atoms with Crippen molar-refractivity contribution in [1.82, 2.24) is 29.9 Å². The van der Waals surface area contributed by atoms with Crippen molar-refractivity contribution in [3.8, 4) is 0 Å². The number of halogens is 1. The summed E-state index contributed by atoms with van der Waals surface area (Å²) in [6.45, 7) is 9.34. The smallest absolute Gasteiger partial charge is 0.410 e. The first-order chi connectivity index (χ1) is 19.0. The molecule has 3 aromatic rings. The maximum Gasteiger partial charge on any atom is 0.410 e. The number of likely N-dealkylation sites (tertiary alicyclic amines) is 1. The summed E-state index contributed by atoms with van der Waals surface area (Å²) in [5, 5.41) is 7.76. The first-order valence-corrected chi connectivity index (χ1v) is 13.5. The number of rotatable bonds is 5. The second kappa shape index (κ2) is 10.8. The summed E-state index contributed by atoms with van der Waals surface area (Å²) >= 11 is 0. The first kappa shape index (κ1) is 27.4. The lowest BCUT2D eigenvalue weighted by Gasteiger charge is -2.32. The molecule has 2 aliphatic heterocycles. The number of amides is 3. The Labute approximate surface area is 232 Å². The highest BCUT2D eigenvalue weighted by Gasteiger charge is 2.36. The number of carbonyl (C=O) groups is 3. The van der Waals surface area contributed by atoms with Crippen molar-refractivity contribution in [3.63, 3.8) is 0 Å². The number of aromatic amines is 1. The normalized spacial score (nSPS) is 18.9. The van der Waals surface area contributed by atoms with E-state index in [0.717, 1.165) is 11.3 Å². The van der Waals surface area contributed by atoms with Gasteiger partial charge in [0.05, 0.1) is 13.1 Å². The Bertz CT molecular complexity index is 1390. The average molecular weight is 551 g/mol. The average Bonchev–Trinajstić information content (AvgIpc) is 3.64. The molecule has 1 saturated heterocycles. The molecule has 3 amide bonds. The molecule has 0 spiro atoms. The number of benzene rings is 1. The third-order valence-corrected chi connectivity index (χ3v) is 7.16. The van der Waals surface area contributed by atoms with Gasteiger partial charge in [0.2, 0.25) is 0 Å². The summed E-state index contributed by atoms with van der Waals surface area (Å²) < 4.78 is 20.8. The third-order valence-electron chi connectivity index (χ3n) is 7.16. The second-order valence-corrected chi connectivity index (χ2v) is 11.6. The van der Waals surface area contributed by atoms with Crippen LogP contribution in [0.4, 0.5) is 9.18 Å². The van der Waals surface area contributed by atoms with E-state index in [-0.39, 0.29) is 41.8 Å². The first-order valence-electron chi connectivity index (χ1n) is 13.5. The summed E-state index contributed by atoms with van der Waals surface area (Å²) in [6.07, 6.45) is 1.89. The van der Waals surface area contributed by atoms with Gasteiger partial charge in [-0.1, -0.05) is 19.1 Å². The van der Waals surface area contributed by atoms with E-state index in [0.29, 0.717) is 43.9 Å². The van der Waals surface area contributed by atoms with Crippen molar-refractivity contribution in [2.24, 2.45) is 0 Å². The summed E-state index contributed by atoms with van der Waals surface area (Å²) in [6, 6.07) is 9.43. The maximum atomic E-state index is 13.6. The number of hydrogen-bond acceptors (Lipinski definition) is 5. The van der Waals surface area contributed by atoms with Crippen molar-refractivity contribution in [2.75, 3.05) is 19.6 Å². The minimum absolute atomic E-state index is 0.0914. The number of nitrogens with one attached hydrogen (secondary N) is 2. The Morgan fingerprint density at radius 1 is 1.12 bits per heavy atom. The fourth-order valence-electron chi connectivity index (χ4n) is 5.37. The topological polar surface area (TPSA) is 113 Å². The lowest BCUT2D eigenvalue weighted by Crippen LogP contribution is -2.41. The van der Waals surface area contributed by atoms with E-state index in [2.05, 4.69) is 10.3 Å². The molecular weight excluding hydrogens is 515 g/mol. The highest BCUT2D eigenvalue weighted by Crippen LogP contribution is 2.32. The van der Waals surface area contributed by atoms with Crippen molar-refractivity contribution in [3.05, 3.63) is 76.6 Å². The van der Waals surface area contributed by atoms with Crippen LogP contribution in [0.25, 0.3) is 0 Å². The fourth-order valence-corrected chi connectivity index (χ4v) is 5.37. The van der Waals surface area contributed by atoms with E-state index in [1.165, 1.54) is 12.1 Å². The second-order valence-electron chi connectivity index (χ2n) is 11.6. The summed E-state index contributed by atoms with van der Waals surface area (Å²) in [5.74, 6) is -0.920. The predicted octanol–water partition coefficient (Wildman–Crippen LogP) is 3.90. The molecule has 1 aromatic carbocycles. The molecule has 2 N–H and O–H groups in total. The quantitative estimate of drug-likeness (QED) is 0.501. The van der Waals surface area contributed by atoms with Crippen LogP contribution in [-0.4, -0.2) is 73.7 Å². The molecule has 2 aliphatic rings. The van der Waals surface area contributed by atoms with Crippen LogP contribution in [0.1, 0.15) is 77.8 Å². The van der Waals surface area contributed by atoms with Gasteiger partial charge >= 0.3 is 6.09 Å². The van der Waals surface area contributed by atoms with Crippen LogP contribution in [-0.2, 0) is 17.8 Å². The summed E-state index contributed by atoms with van der Waals surface area (Å²) in [4.78, 5) is 45.6. The van der Waals surface area contributed by atoms with Crippen LogP contribution >= 0.6 is 0 Å². The Morgan fingerprint density at radius 3 is 2.55 bits per heavy atom. The Morgan fingerprint density at radius 2 is 1.88 bits per heavy atom. The van der Waals surface area contributed by atoms with Gasteiger partial charge in [0, 0.05) is 49.0 Å². The van der Waals surface area contributed by atoms with Crippen LogP contribution in [0, 0.1) is 5.82 Å². The molecule has 0 bridgehead atoms. The number of aromatic nitrogens is 3. The maximum absolute atomic E-state index is 13.6. The van der Waals surface area contributed by atoms with Crippen molar-refractivity contribution in [1.29, 1.82) is 0 Å². The zero-order valence-electron chi connectivity index (χ0n) is 23.2. The van der Waals surface area contributed by atoms with Gasteiger partial charge in [-0.25, -0.2) is 9.18 Å². The molecule has 0 radical (unpaired) electrons. The SMILES string of the molecule is CC1CN(C(=O)c2ccc[nH]2)Cc2c(C(=O)NC3CCN(C(=O)OC(C)(C)C)C3)nn(Cc3ccc(F)cc3)c21. The van der Waals surface area contributed by atoms with Gasteiger partial charge in [0.15, 0.2) is 5.69 Å². The summed E-state index contributed by atoms with van der Waals surface area (Å²) in [7, 11) is 0. The largest absolute Gasteiger partial charge is 0.444 e. The molecule has 0 saturated carbocycles. The fraction of sp³-hybridized carbons (Fsp3) is 0.448. The highest BCUT2D eigenvalue weighted by molar-refractivity contribution is 5.96. The van der Waals surface area contributed by atoms with Crippen molar-refractivity contribution in [2.45, 2.75) is 64.8 Å². The zero-order chi connectivity index (χ0) is 28.6. The molecule has 2 unspecified atom stereocenters. The van der Waals surface area contributed by atoms with Crippen LogP contribution in [0.15, 0.2) is 42.6 Å². The lowest BCUT2D eigenvalue weighted by atomic mass is 9.95. The Hall–Kier alpha value is -4.15. The Balaban J connectivity index is 1.39. The third kappa shape index (κ3) is 5.88. The van der Waals surface area contributed by atoms with Gasteiger partial charge in [-0.3, -0.25) is 14.3 Å². The molecule has 1 fully saturated rings. The minimum Gasteiger partial charge on any atom is -0.444 e. The van der Waals surface area contributed by atoms with Crippen molar-refractivity contribution < 1.29 is 23.5 Å².